The summed E-state index contributed by atoms with van der Waals surface area (Å²) in [4.78, 5) is -0.204. The molecule has 0 fully saturated rings. The number of aryl methyl sites for hydroxylation is 1. The molecular weight excluding hydrogens is 256 g/mol. The van der Waals surface area contributed by atoms with Gasteiger partial charge in [-0.25, -0.2) is 17.2 Å². The quantitative estimate of drug-likeness (QED) is 0.864. The van der Waals surface area contributed by atoms with Crippen molar-refractivity contribution >= 4 is 10.0 Å². The Hall–Kier alpha value is -0.990. The second kappa shape index (κ2) is 5.11. The van der Waals surface area contributed by atoms with E-state index in [0.29, 0.717) is 4.31 Å². The van der Waals surface area contributed by atoms with Crippen LogP contribution in [0.3, 0.4) is 0 Å². The van der Waals surface area contributed by atoms with Crippen LogP contribution in [0.1, 0.15) is 11.5 Å². The predicted molar refractivity (Wildman–Crippen MR) is 55.2 cm³/mol. The number of nitrogens with zero attached hydrogens (tertiary/aromatic N) is 1. The van der Waals surface area contributed by atoms with Crippen molar-refractivity contribution in [3.05, 3.63) is 17.6 Å². The van der Waals surface area contributed by atoms with Crippen LogP contribution < -0.4 is 0 Å². The maximum atomic E-state index is 12.1. The molecule has 0 aliphatic rings. The molecule has 98 valence electrons. The van der Waals surface area contributed by atoms with E-state index in [-0.39, 0.29) is 16.4 Å². The van der Waals surface area contributed by atoms with Gasteiger partial charge in [-0.1, -0.05) is 0 Å². The van der Waals surface area contributed by atoms with Crippen molar-refractivity contribution < 1.29 is 26.7 Å². The number of halogens is 2. The van der Waals surface area contributed by atoms with Crippen LogP contribution in [0.25, 0.3) is 0 Å². The van der Waals surface area contributed by atoms with E-state index in [1.165, 1.54) is 6.92 Å². The van der Waals surface area contributed by atoms with Crippen LogP contribution in [0.2, 0.25) is 0 Å². The minimum absolute atomic E-state index is 0.0650. The summed E-state index contributed by atoms with van der Waals surface area (Å²) >= 11 is 0. The zero-order valence-electron chi connectivity index (χ0n) is 9.35. The van der Waals surface area contributed by atoms with Crippen LogP contribution >= 0.6 is 0 Å². The summed E-state index contributed by atoms with van der Waals surface area (Å²) in [6.45, 7) is 0.0542. The molecule has 0 aliphatic carbocycles. The topological polar surface area (TPSA) is 70.8 Å². The lowest BCUT2D eigenvalue weighted by molar-refractivity contribution is 0.126. The van der Waals surface area contributed by atoms with Crippen LogP contribution in [0.5, 0.6) is 0 Å². The fourth-order valence-electron chi connectivity index (χ4n) is 1.32. The Labute approximate surface area is 97.7 Å². The Morgan fingerprint density at radius 1 is 1.53 bits per heavy atom. The zero-order valence-corrected chi connectivity index (χ0v) is 10.2. The molecule has 1 heterocycles. The first-order chi connectivity index (χ1) is 7.78. The lowest BCUT2D eigenvalue weighted by atomic mass is 10.4. The lowest BCUT2D eigenvalue weighted by Gasteiger charge is -2.15. The van der Waals surface area contributed by atoms with Crippen molar-refractivity contribution in [2.24, 2.45) is 0 Å². The highest BCUT2D eigenvalue weighted by Gasteiger charge is 2.27. The maximum absolute atomic E-state index is 12.1. The Bertz CT molecular complexity index is 483. The van der Waals surface area contributed by atoms with E-state index in [9.17, 15) is 17.2 Å². The Morgan fingerprint density at radius 2 is 2.12 bits per heavy atom. The summed E-state index contributed by atoms with van der Waals surface area (Å²) in [6.07, 6.45) is -2.75. The maximum Gasteiger partial charge on any atom is 0.252 e. The number of furan rings is 1. The first-order valence-corrected chi connectivity index (χ1v) is 6.17. The molecule has 1 aromatic heterocycles. The van der Waals surface area contributed by atoms with Crippen LogP contribution in [-0.4, -0.2) is 37.8 Å². The molecule has 0 aliphatic heterocycles. The molecule has 5 nitrogen and oxygen atoms in total. The van der Waals surface area contributed by atoms with Gasteiger partial charge in [0.1, 0.15) is 23.0 Å². The summed E-state index contributed by atoms with van der Waals surface area (Å²) in [5.41, 5.74) is 0. The third kappa shape index (κ3) is 3.02. The van der Waals surface area contributed by atoms with E-state index >= 15 is 0 Å². The average Bonchev–Trinajstić information content (AvgIpc) is 2.59. The van der Waals surface area contributed by atoms with Crippen LogP contribution in [0.15, 0.2) is 15.4 Å². The van der Waals surface area contributed by atoms with Crippen molar-refractivity contribution in [1.29, 1.82) is 0 Å². The molecule has 0 amide bonds. The molecule has 0 aromatic carbocycles. The minimum Gasteiger partial charge on any atom is -0.462 e. The highest BCUT2D eigenvalue weighted by Crippen LogP contribution is 2.23. The van der Waals surface area contributed by atoms with Gasteiger partial charge < -0.3 is 9.52 Å². The van der Waals surface area contributed by atoms with E-state index in [2.05, 4.69) is 0 Å². The molecule has 0 bridgehead atoms. The third-order valence-corrected chi connectivity index (χ3v) is 4.09. The second-order valence-electron chi connectivity index (χ2n) is 3.47. The van der Waals surface area contributed by atoms with Gasteiger partial charge in [-0.15, -0.1) is 0 Å². The molecule has 0 saturated carbocycles. The van der Waals surface area contributed by atoms with Crippen molar-refractivity contribution in [2.75, 3.05) is 13.6 Å². The lowest BCUT2D eigenvalue weighted by Crippen LogP contribution is -2.31. The first kappa shape index (κ1) is 14.1. The summed E-state index contributed by atoms with van der Waals surface area (Å²) < 4.78 is 53.5. The molecule has 1 aromatic rings. The average molecular weight is 269 g/mol. The van der Waals surface area contributed by atoms with Crippen molar-refractivity contribution in [1.82, 2.24) is 4.31 Å². The van der Waals surface area contributed by atoms with Gasteiger partial charge in [0.25, 0.3) is 6.43 Å². The molecule has 1 N–H and O–H groups in total. The largest absolute Gasteiger partial charge is 0.462 e. The summed E-state index contributed by atoms with van der Waals surface area (Å²) in [5.74, 6) is 0.140. The minimum atomic E-state index is -4.01. The fourth-order valence-corrected chi connectivity index (χ4v) is 2.65. The summed E-state index contributed by atoms with van der Waals surface area (Å²) in [5, 5.41) is 8.80. The van der Waals surface area contributed by atoms with Crippen molar-refractivity contribution in [3.63, 3.8) is 0 Å². The molecule has 17 heavy (non-hydrogen) atoms. The Balaban J connectivity index is 3.08. The van der Waals surface area contributed by atoms with E-state index in [1.54, 1.807) is 0 Å². The Morgan fingerprint density at radius 3 is 2.53 bits per heavy atom. The monoisotopic (exact) mass is 269 g/mol. The van der Waals surface area contributed by atoms with Crippen molar-refractivity contribution in [3.8, 4) is 0 Å². The van der Waals surface area contributed by atoms with Gasteiger partial charge in [0, 0.05) is 13.1 Å². The van der Waals surface area contributed by atoms with Gasteiger partial charge in [-0.3, -0.25) is 0 Å². The first-order valence-electron chi connectivity index (χ1n) is 4.73. The molecule has 0 saturated heterocycles. The van der Waals surface area contributed by atoms with E-state index < -0.39 is 29.6 Å². The van der Waals surface area contributed by atoms with Crippen LogP contribution in [0.4, 0.5) is 8.78 Å². The molecule has 0 atom stereocenters. The number of rotatable bonds is 5. The SMILES string of the molecule is Cc1oc(CO)cc1S(=O)(=O)N(C)CC(F)F. The van der Waals surface area contributed by atoms with Gasteiger partial charge >= 0.3 is 0 Å². The van der Waals surface area contributed by atoms with Gasteiger partial charge in [0.2, 0.25) is 10.0 Å². The number of hydrogen-bond acceptors (Lipinski definition) is 4. The van der Waals surface area contributed by atoms with Crippen molar-refractivity contribution in [2.45, 2.75) is 24.9 Å². The highest BCUT2D eigenvalue weighted by molar-refractivity contribution is 7.89. The molecule has 8 heteroatoms. The van der Waals surface area contributed by atoms with E-state index in [0.717, 1.165) is 13.1 Å². The number of aliphatic hydroxyl groups excluding tert-OH is 1. The highest BCUT2D eigenvalue weighted by atomic mass is 32.2. The Kier molecular flexibility index (Phi) is 4.23. The second-order valence-corrected chi connectivity index (χ2v) is 5.48. The molecular formula is C9H13F2NO4S. The van der Waals surface area contributed by atoms with Crippen LogP contribution in [0, 0.1) is 6.92 Å². The molecule has 1 rings (SSSR count). The number of sulfonamides is 1. The summed E-state index contributed by atoms with van der Waals surface area (Å²) in [6, 6.07) is 1.13. The molecule has 0 radical (unpaired) electrons. The van der Waals surface area contributed by atoms with E-state index in [1.807, 2.05) is 0 Å². The van der Waals surface area contributed by atoms with Gasteiger partial charge in [-0.2, -0.15) is 4.31 Å². The zero-order chi connectivity index (χ0) is 13.2. The van der Waals surface area contributed by atoms with E-state index in [4.69, 9.17) is 9.52 Å². The molecule has 0 spiro atoms. The number of aliphatic hydroxyl groups is 1. The normalized spacial score (nSPS) is 12.6. The standard InChI is InChI=1S/C9H13F2NO4S/c1-6-8(3-7(5-13)16-6)17(14,15)12(2)4-9(10)11/h3,9,13H,4-5H2,1-2H3. The third-order valence-electron chi connectivity index (χ3n) is 2.16. The predicted octanol–water partition coefficient (Wildman–Crippen LogP) is 0.966. The summed E-state index contributed by atoms with van der Waals surface area (Å²) in [7, 11) is -2.94. The van der Waals surface area contributed by atoms with Gasteiger partial charge in [0.05, 0.1) is 6.54 Å². The molecule has 0 unspecified atom stereocenters. The number of hydrogen-bond donors (Lipinski definition) is 1. The number of alkyl halides is 2. The van der Waals surface area contributed by atoms with Gasteiger partial charge in [-0.05, 0) is 6.92 Å². The van der Waals surface area contributed by atoms with Gasteiger partial charge in [0.15, 0.2) is 0 Å². The van der Waals surface area contributed by atoms with Crippen LogP contribution in [-0.2, 0) is 16.6 Å². The fraction of sp³-hybridized carbons (Fsp3) is 0.556. The smallest absolute Gasteiger partial charge is 0.252 e.